The van der Waals surface area contributed by atoms with Gasteiger partial charge in [-0.15, -0.1) is 6.58 Å². The lowest BCUT2D eigenvalue weighted by atomic mass is 10.1. The van der Waals surface area contributed by atoms with Crippen LogP contribution in [0.4, 0.5) is 4.79 Å². The van der Waals surface area contributed by atoms with Gasteiger partial charge < -0.3 is 24.8 Å². The first-order valence-electron chi connectivity index (χ1n) is 11.4. The van der Waals surface area contributed by atoms with Crippen molar-refractivity contribution in [2.45, 2.75) is 58.0 Å². The second kappa shape index (κ2) is 13.3. The first-order chi connectivity index (χ1) is 16.6. The molecule has 8 nitrogen and oxygen atoms in total. The molecule has 0 aliphatic carbocycles. The van der Waals surface area contributed by atoms with Crippen molar-refractivity contribution in [3.8, 4) is 0 Å². The summed E-state index contributed by atoms with van der Waals surface area (Å²) >= 11 is 0. The van der Waals surface area contributed by atoms with Gasteiger partial charge in [0, 0.05) is 6.54 Å². The number of benzene rings is 2. The van der Waals surface area contributed by atoms with Crippen LogP contribution in [0.1, 0.15) is 38.3 Å². The summed E-state index contributed by atoms with van der Waals surface area (Å²) in [7, 11) is 0. The van der Waals surface area contributed by atoms with Gasteiger partial charge in [0.2, 0.25) is 5.91 Å². The van der Waals surface area contributed by atoms with Crippen LogP contribution < -0.4 is 5.32 Å². The summed E-state index contributed by atoms with van der Waals surface area (Å²) in [4.78, 5) is 39.5. The average molecular weight is 483 g/mol. The number of hydrogen-bond donors (Lipinski definition) is 2. The molecule has 2 atom stereocenters. The third kappa shape index (κ3) is 9.62. The van der Waals surface area contributed by atoms with E-state index in [1.165, 1.54) is 11.0 Å². The normalized spacial score (nSPS) is 12.8. The van der Waals surface area contributed by atoms with Crippen molar-refractivity contribution in [2.24, 2.45) is 0 Å². The van der Waals surface area contributed by atoms with Gasteiger partial charge in [-0.2, -0.15) is 0 Å². The van der Waals surface area contributed by atoms with E-state index in [0.717, 1.165) is 11.1 Å². The zero-order chi connectivity index (χ0) is 25.8. The fourth-order valence-corrected chi connectivity index (χ4v) is 3.33. The van der Waals surface area contributed by atoms with Crippen LogP contribution in [-0.4, -0.2) is 52.3 Å². The van der Waals surface area contributed by atoms with Gasteiger partial charge in [0.1, 0.15) is 17.7 Å². The van der Waals surface area contributed by atoms with Crippen molar-refractivity contribution >= 4 is 18.0 Å². The molecule has 0 saturated heterocycles. The standard InChI is InChI=1S/C27H34N2O6/c1-5-12-23(25(31)32)29(17-20-13-8-6-9-14-20)24(30)22(28-26(33)35-27(2,3)4)19-34-18-21-15-10-7-11-16-21/h5-11,13-16,22-23H,1,12,17-19H2,2-4H3,(H,28,33)(H,31,32)/t22-,23?/m0/s1. The maximum Gasteiger partial charge on any atom is 0.408 e. The predicted molar refractivity (Wildman–Crippen MR) is 132 cm³/mol. The van der Waals surface area contributed by atoms with E-state index in [1.54, 1.807) is 45.0 Å². The number of amides is 2. The molecule has 0 bridgehead atoms. The molecule has 2 N–H and O–H groups in total. The van der Waals surface area contributed by atoms with Crippen LogP contribution in [0.3, 0.4) is 0 Å². The van der Waals surface area contributed by atoms with Crippen molar-refractivity contribution in [3.63, 3.8) is 0 Å². The largest absolute Gasteiger partial charge is 0.480 e. The maximum absolute atomic E-state index is 13.7. The van der Waals surface area contributed by atoms with E-state index < -0.39 is 35.7 Å². The molecule has 0 radical (unpaired) electrons. The van der Waals surface area contributed by atoms with Crippen LogP contribution in [0.15, 0.2) is 73.3 Å². The summed E-state index contributed by atoms with van der Waals surface area (Å²) in [6.07, 6.45) is 0.693. The molecule has 0 spiro atoms. The maximum atomic E-state index is 13.7. The Morgan fingerprint density at radius 2 is 1.60 bits per heavy atom. The quantitative estimate of drug-likeness (QED) is 0.440. The van der Waals surface area contributed by atoms with Crippen molar-refractivity contribution < 1.29 is 29.0 Å². The Morgan fingerprint density at radius 3 is 2.11 bits per heavy atom. The van der Waals surface area contributed by atoms with Gasteiger partial charge in [-0.25, -0.2) is 9.59 Å². The van der Waals surface area contributed by atoms with Crippen LogP contribution in [-0.2, 0) is 32.2 Å². The predicted octanol–water partition coefficient (Wildman–Crippen LogP) is 4.15. The van der Waals surface area contributed by atoms with Crippen LogP contribution in [0, 0.1) is 0 Å². The van der Waals surface area contributed by atoms with Crippen LogP contribution in [0.5, 0.6) is 0 Å². The lowest BCUT2D eigenvalue weighted by Gasteiger charge is -2.32. The highest BCUT2D eigenvalue weighted by atomic mass is 16.6. The minimum atomic E-state index is -1.17. The molecule has 188 valence electrons. The molecule has 1 unspecified atom stereocenters. The molecule has 0 aliphatic rings. The van der Waals surface area contributed by atoms with Gasteiger partial charge in [0.15, 0.2) is 0 Å². The fourth-order valence-electron chi connectivity index (χ4n) is 3.33. The summed E-state index contributed by atoms with van der Waals surface area (Å²) in [6.45, 7) is 8.85. The minimum absolute atomic E-state index is 0.0374. The molecule has 2 aromatic rings. The van der Waals surface area contributed by atoms with E-state index in [2.05, 4.69) is 11.9 Å². The van der Waals surface area contributed by atoms with Crippen molar-refractivity contribution in [3.05, 3.63) is 84.4 Å². The Hall–Kier alpha value is -3.65. The molecule has 2 amide bonds. The monoisotopic (exact) mass is 482 g/mol. The van der Waals surface area contributed by atoms with E-state index >= 15 is 0 Å². The van der Waals surface area contributed by atoms with Gasteiger partial charge in [-0.3, -0.25) is 4.79 Å². The fraction of sp³-hybridized carbons (Fsp3) is 0.370. The molecule has 2 rings (SSSR count). The molecule has 8 heteroatoms. The number of carboxylic acid groups (broad SMARTS) is 1. The van der Waals surface area contributed by atoms with Gasteiger partial charge in [-0.1, -0.05) is 66.7 Å². The molecule has 0 aliphatic heterocycles. The number of carbonyl (C=O) groups excluding carboxylic acids is 2. The van der Waals surface area contributed by atoms with E-state index in [9.17, 15) is 19.5 Å². The van der Waals surface area contributed by atoms with E-state index in [4.69, 9.17) is 9.47 Å². The molecule has 0 aromatic heterocycles. The SMILES string of the molecule is C=CCC(C(=O)O)N(Cc1ccccc1)C(=O)[C@H](COCc1ccccc1)NC(=O)OC(C)(C)C. The van der Waals surface area contributed by atoms with Crippen LogP contribution in [0.2, 0.25) is 0 Å². The number of ether oxygens (including phenoxy) is 2. The summed E-state index contributed by atoms with van der Waals surface area (Å²) < 4.78 is 11.1. The minimum Gasteiger partial charge on any atom is -0.480 e. The molecular formula is C27H34N2O6. The van der Waals surface area contributed by atoms with E-state index in [0.29, 0.717) is 0 Å². The number of nitrogens with one attached hydrogen (secondary N) is 1. The van der Waals surface area contributed by atoms with Gasteiger partial charge in [0.25, 0.3) is 0 Å². The highest BCUT2D eigenvalue weighted by molar-refractivity contribution is 5.89. The topological polar surface area (TPSA) is 105 Å². The van der Waals surface area contributed by atoms with Gasteiger partial charge >= 0.3 is 12.1 Å². The molecule has 0 heterocycles. The first-order valence-corrected chi connectivity index (χ1v) is 11.4. The van der Waals surface area contributed by atoms with E-state index in [-0.39, 0.29) is 26.2 Å². The summed E-state index contributed by atoms with van der Waals surface area (Å²) in [5.41, 5.74) is 0.864. The number of nitrogens with zero attached hydrogens (tertiary/aromatic N) is 1. The molecular weight excluding hydrogens is 448 g/mol. The smallest absolute Gasteiger partial charge is 0.408 e. The number of rotatable bonds is 12. The van der Waals surface area contributed by atoms with Gasteiger partial charge in [-0.05, 0) is 38.3 Å². The van der Waals surface area contributed by atoms with Crippen molar-refractivity contribution in [2.75, 3.05) is 6.61 Å². The number of carbonyl (C=O) groups is 3. The van der Waals surface area contributed by atoms with Crippen molar-refractivity contribution in [1.82, 2.24) is 10.2 Å². The molecule has 35 heavy (non-hydrogen) atoms. The Morgan fingerprint density at radius 1 is 1.03 bits per heavy atom. The Balaban J connectivity index is 2.30. The third-order valence-electron chi connectivity index (χ3n) is 4.92. The van der Waals surface area contributed by atoms with E-state index in [1.807, 2.05) is 36.4 Å². The highest BCUT2D eigenvalue weighted by Crippen LogP contribution is 2.16. The number of aliphatic carboxylic acids is 1. The average Bonchev–Trinajstić information content (AvgIpc) is 2.80. The second-order valence-electron chi connectivity index (χ2n) is 9.03. The Bertz CT molecular complexity index is 972. The first kappa shape index (κ1) is 27.6. The molecule has 0 saturated carbocycles. The number of alkyl carbamates (subject to hydrolysis) is 1. The van der Waals surface area contributed by atoms with Crippen molar-refractivity contribution in [1.29, 1.82) is 0 Å². The summed E-state index contributed by atoms with van der Waals surface area (Å²) in [5, 5.41) is 12.4. The second-order valence-corrected chi connectivity index (χ2v) is 9.03. The zero-order valence-corrected chi connectivity index (χ0v) is 20.5. The van der Waals surface area contributed by atoms with Crippen LogP contribution >= 0.6 is 0 Å². The molecule has 0 fully saturated rings. The summed E-state index contributed by atoms with van der Waals surface area (Å²) in [6, 6.07) is 16.1. The number of carboxylic acids is 1. The third-order valence-corrected chi connectivity index (χ3v) is 4.92. The molecule has 2 aromatic carbocycles. The summed E-state index contributed by atoms with van der Waals surface area (Å²) in [5.74, 6) is -1.77. The van der Waals surface area contributed by atoms with Crippen LogP contribution in [0.25, 0.3) is 0 Å². The zero-order valence-electron chi connectivity index (χ0n) is 20.5. The lowest BCUT2D eigenvalue weighted by Crippen LogP contribution is -2.55. The lowest BCUT2D eigenvalue weighted by molar-refractivity contribution is -0.152. The Kier molecular flexibility index (Phi) is 10.5. The van der Waals surface area contributed by atoms with Gasteiger partial charge in [0.05, 0.1) is 13.2 Å². The Labute approximate surface area is 206 Å². The number of hydrogen-bond acceptors (Lipinski definition) is 5. The highest BCUT2D eigenvalue weighted by Gasteiger charge is 2.35.